The molecule has 36 heavy (non-hydrogen) atoms. The average molecular weight is 549 g/mol. The minimum absolute atomic E-state index is 0.149. The number of halogens is 1. The molecule has 3 aromatic rings. The second-order valence-corrected chi connectivity index (χ2v) is 13.2. The first-order valence-corrected chi connectivity index (χ1v) is 13.7. The molecule has 1 aromatic carbocycles. The summed E-state index contributed by atoms with van der Waals surface area (Å²) in [5, 5.41) is 2.75. The number of para-hydroxylation sites is 1. The zero-order chi connectivity index (χ0) is 26.1. The van der Waals surface area contributed by atoms with Gasteiger partial charge in [0.05, 0.1) is 32.7 Å². The van der Waals surface area contributed by atoms with E-state index in [4.69, 9.17) is 16.3 Å². The molecule has 1 aliphatic rings. The molecule has 0 aliphatic carbocycles. The number of sulfonamides is 1. The molecule has 2 N–H and O–H groups in total. The molecule has 1 fully saturated rings. The van der Waals surface area contributed by atoms with Crippen LogP contribution in [0.15, 0.2) is 54.7 Å². The first-order valence-electron chi connectivity index (χ1n) is 11.0. The third-order valence-electron chi connectivity index (χ3n) is 5.47. The van der Waals surface area contributed by atoms with E-state index in [1.54, 1.807) is 75.5 Å². The Morgan fingerprint density at radius 3 is 2.58 bits per heavy atom. The number of carbonyl (C=O) groups is 2. The molecule has 2 aromatic heterocycles. The highest BCUT2D eigenvalue weighted by molar-refractivity contribution is 7.94. The maximum atomic E-state index is 12.7. The van der Waals surface area contributed by atoms with Crippen molar-refractivity contribution in [2.45, 2.75) is 31.6 Å². The summed E-state index contributed by atoms with van der Waals surface area (Å²) in [6.45, 7) is 5.24. The standard InChI is InChI=1S/C24H25ClN4O5S2/c1-24(2,3)36(32,33)28-18-7-5-4-6-17(18)15-8-11-21(26-12-15)29-14-16(34-23(29)31)13-27-22(30)19-9-10-20(25)35-19/h4-12,16,28H,13-14H2,1-3H3,(H,27,30)/t16-/m0/s1. The van der Waals surface area contributed by atoms with E-state index in [0.717, 1.165) is 0 Å². The number of cyclic esters (lactones) is 1. The zero-order valence-electron chi connectivity index (χ0n) is 19.8. The summed E-state index contributed by atoms with van der Waals surface area (Å²) in [6.07, 6.45) is 0.473. The van der Waals surface area contributed by atoms with Gasteiger partial charge < -0.3 is 10.1 Å². The Balaban J connectivity index is 1.44. The largest absolute Gasteiger partial charge is 0.442 e. The number of rotatable bonds is 7. The van der Waals surface area contributed by atoms with Crippen LogP contribution in [-0.4, -0.2) is 49.3 Å². The van der Waals surface area contributed by atoms with Gasteiger partial charge in [0.25, 0.3) is 5.91 Å². The molecule has 0 unspecified atom stereocenters. The van der Waals surface area contributed by atoms with Crippen LogP contribution in [0.2, 0.25) is 4.34 Å². The SMILES string of the molecule is CC(C)(C)S(=O)(=O)Nc1ccccc1-c1ccc(N2C[C@H](CNC(=O)c3ccc(Cl)s3)OC2=O)nc1. The number of benzene rings is 1. The molecule has 2 amide bonds. The third-order valence-corrected chi connectivity index (χ3v) is 8.81. The summed E-state index contributed by atoms with van der Waals surface area (Å²) >= 11 is 7.04. The molecule has 1 atom stereocenters. The van der Waals surface area contributed by atoms with Crippen LogP contribution < -0.4 is 14.9 Å². The van der Waals surface area contributed by atoms with Gasteiger partial charge in [-0.3, -0.25) is 14.4 Å². The molecule has 12 heteroatoms. The lowest BCUT2D eigenvalue weighted by molar-refractivity contribution is 0.0920. The van der Waals surface area contributed by atoms with E-state index in [1.807, 2.05) is 0 Å². The van der Waals surface area contributed by atoms with Crippen molar-refractivity contribution in [1.82, 2.24) is 10.3 Å². The predicted octanol–water partition coefficient (Wildman–Crippen LogP) is 4.76. The normalized spacial score (nSPS) is 16.1. The molecule has 4 rings (SSSR count). The molecule has 190 valence electrons. The Bertz CT molecular complexity index is 1380. The minimum Gasteiger partial charge on any atom is -0.442 e. The molecule has 9 nitrogen and oxygen atoms in total. The number of nitrogens with one attached hydrogen (secondary N) is 2. The third kappa shape index (κ3) is 5.63. The number of hydrogen-bond acceptors (Lipinski definition) is 7. The van der Waals surface area contributed by atoms with Crippen molar-refractivity contribution < 1.29 is 22.7 Å². The van der Waals surface area contributed by atoms with Crippen LogP contribution in [0.5, 0.6) is 0 Å². The van der Waals surface area contributed by atoms with E-state index in [9.17, 15) is 18.0 Å². The van der Waals surface area contributed by atoms with E-state index >= 15 is 0 Å². The van der Waals surface area contributed by atoms with Crippen molar-refractivity contribution in [2.75, 3.05) is 22.7 Å². The van der Waals surface area contributed by atoms with Crippen molar-refractivity contribution >= 4 is 56.5 Å². The number of hydrogen-bond donors (Lipinski definition) is 2. The lowest BCUT2D eigenvalue weighted by atomic mass is 10.1. The van der Waals surface area contributed by atoms with Gasteiger partial charge in [-0.25, -0.2) is 18.2 Å². The number of pyridine rings is 1. The minimum atomic E-state index is -3.62. The molecule has 0 saturated carbocycles. The van der Waals surface area contributed by atoms with E-state index in [-0.39, 0.29) is 19.0 Å². The highest BCUT2D eigenvalue weighted by Gasteiger charge is 2.33. The lowest BCUT2D eigenvalue weighted by Crippen LogP contribution is -2.34. The van der Waals surface area contributed by atoms with Crippen molar-refractivity contribution in [3.05, 3.63) is 63.9 Å². The lowest BCUT2D eigenvalue weighted by Gasteiger charge is -2.22. The van der Waals surface area contributed by atoms with Gasteiger partial charge in [-0.2, -0.15) is 0 Å². The number of ether oxygens (including phenoxy) is 1. The molecule has 1 saturated heterocycles. The second kappa shape index (κ2) is 10.1. The van der Waals surface area contributed by atoms with Crippen LogP contribution in [-0.2, 0) is 14.8 Å². The van der Waals surface area contributed by atoms with Crippen molar-refractivity contribution in [3.63, 3.8) is 0 Å². The van der Waals surface area contributed by atoms with Crippen LogP contribution in [0, 0.1) is 0 Å². The molecule has 1 aliphatic heterocycles. The van der Waals surface area contributed by atoms with Crippen molar-refractivity contribution in [2.24, 2.45) is 0 Å². The maximum absolute atomic E-state index is 12.7. The van der Waals surface area contributed by atoms with Gasteiger partial charge in [-0.05, 0) is 51.1 Å². The topological polar surface area (TPSA) is 118 Å². The fraction of sp³-hybridized carbons (Fsp3) is 0.292. The van der Waals surface area contributed by atoms with E-state index in [2.05, 4.69) is 15.0 Å². The summed E-state index contributed by atoms with van der Waals surface area (Å²) in [4.78, 5) is 30.9. The first kappa shape index (κ1) is 25.9. The van der Waals surface area contributed by atoms with Crippen LogP contribution in [0.3, 0.4) is 0 Å². The summed E-state index contributed by atoms with van der Waals surface area (Å²) < 4.78 is 32.9. The Morgan fingerprint density at radius 2 is 1.94 bits per heavy atom. The molecular formula is C24H25ClN4O5S2. The Hall–Kier alpha value is -3.15. The van der Waals surface area contributed by atoms with Gasteiger partial charge in [0.15, 0.2) is 0 Å². The van der Waals surface area contributed by atoms with Gasteiger partial charge in [0.1, 0.15) is 11.9 Å². The number of nitrogens with zero attached hydrogens (tertiary/aromatic N) is 2. The van der Waals surface area contributed by atoms with Crippen LogP contribution in [0.25, 0.3) is 11.1 Å². The average Bonchev–Trinajstić information content (AvgIpc) is 3.42. The first-order chi connectivity index (χ1) is 16.9. The Morgan fingerprint density at radius 1 is 1.19 bits per heavy atom. The predicted molar refractivity (Wildman–Crippen MR) is 141 cm³/mol. The van der Waals surface area contributed by atoms with Gasteiger partial charge in [-0.1, -0.05) is 29.8 Å². The quantitative estimate of drug-likeness (QED) is 0.439. The number of amides is 2. The van der Waals surface area contributed by atoms with Gasteiger partial charge in [-0.15, -0.1) is 11.3 Å². The molecular weight excluding hydrogens is 524 g/mol. The smallest absolute Gasteiger partial charge is 0.416 e. The summed E-state index contributed by atoms with van der Waals surface area (Å²) in [5.74, 6) is 0.0972. The van der Waals surface area contributed by atoms with E-state index in [1.165, 1.54) is 16.2 Å². The number of thiophene rings is 1. The Labute approximate surface area is 218 Å². The fourth-order valence-corrected chi connectivity index (χ4v) is 5.10. The number of carbonyl (C=O) groups excluding carboxylic acids is 2. The molecule has 0 radical (unpaired) electrons. The monoisotopic (exact) mass is 548 g/mol. The zero-order valence-corrected chi connectivity index (χ0v) is 22.2. The van der Waals surface area contributed by atoms with E-state index < -0.39 is 27.0 Å². The maximum Gasteiger partial charge on any atom is 0.416 e. The summed E-state index contributed by atoms with van der Waals surface area (Å²) in [6, 6.07) is 13.7. The second-order valence-electron chi connectivity index (χ2n) is 9.10. The number of anilines is 2. The fourth-order valence-electron chi connectivity index (χ4n) is 3.37. The van der Waals surface area contributed by atoms with Crippen molar-refractivity contribution in [3.8, 4) is 11.1 Å². The van der Waals surface area contributed by atoms with E-state index in [0.29, 0.717) is 31.8 Å². The molecule has 3 heterocycles. The van der Waals surface area contributed by atoms with Crippen LogP contribution >= 0.6 is 22.9 Å². The molecule has 0 bridgehead atoms. The van der Waals surface area contributed by atoms with Crippen molar-refractivity contribution in [1.29, 1.82) is 0 Å². The summed E-state index contributed by atoms with van der Waals surface area (Å²) in [5.41, 5.74) is 1.77. The Kier molecular flexibility index (Phi) is 7.26. The van der Waals surface area contributed by atoms with Gasteiger partial charge in [0.2, 0.25) is 10.0 Å². The van der Waals surface area contributed by atoms with Crippen LogP contribution in [0.4, 0.5) is 16.3 Å². The molecule has 0 spiro atoms. The number of aromatic nitrogens is 1. The summed E-state index contributed by atoms with van der Waals surface area (Å²) in [7, 11) is -3.62. The highest BCUT2D eigenvalue weighted by atomic mass is 35.5. The highest BCUT2D eigenvalue weighted by Crippen LogP contribution is 2.31. The van der Waals surface area contributed by atoms with Gasteiger partial charge in [0, 0.05) is 17.3 Å². The van der Waals surface area contributed by atoms with Crippen LogP contribution in [0.1, 0.15) is 30.4 Å². The van der Waals surface area contributed by atoms with Gasteiger partial charge >= 0.3 is 6.09 Å².